The molecule has 1 aliphatic rings. The van der Waals surface area contributed by atoms with Gasteiger partial charge in [-0.1, -0.05) is 0 Å². The normalized spacial score (nSPS) is 22.5. The van der Waals surface area contributed by atoms with Crippen molar-refractivity contribution < 1.29 is 4.74 Å². The first-order valence-corrected chi connectivity index (χ1v) is 5.26. The van der Waals surface area contributed by atoms with Crippen LogP contribution in [0.3, 0.4) is 0 Å². The first kappa shape index (κ1) is 9.68. The molecular weight excluding hydrogens is 178 g/mol. The van der Waals surface area contributed by atoms with Crippen LogP contribution in [0.1, 0.15) is 36.8 Å². The summed E-state index contributed by atoms with van der Waals surface area (Å²) in [7, 11) is 0. The molecule has 1 atom stereocenters. The monoisotopic (exact) mass is 195 g/mol. The lowest BCUT2D eigenvalue weighted by Gasteiger charge is -2.20. The van der Waals surface area contributed by atoms with Gasteiger partial charge in [-0.15, -0.1) is 0 Å². The van der Waals surface area contributed by atoms with E-state index in [2.05, 4.69) is 16.3 Å². The molecule has 0 saturated carbocycles. The summed E-state index contributed by atoms with van der Waals surface area (Å²) in [6.07, 6.45) is 4.57. The largest absolute Gasteiger partial charge is 0.372 e. The van der Waals surface area contributed by atoms with E-state index in [9.17, 15) is 0 Å². The standard InChI is InChI=1S/C10H17N3O/c11-5-4-8-7-9(13-12-8)10-3-1-2-6-14-10/h7,10H,1-6,11H2,(H,12,13). The van der Waals surface area contributed by atoms with E-state index in [4.69, 9.17) is 10.5 Å². The van der Waals surface area contributed by atoms with Crippen molar-refractivity contribution in [1.82, 2.24) is 10.2 Å². The molecular formula is C10H17N3O. The summed E-state index contributed by atoms with van der Waals surface area (Å²) < 4.78 is 5.64. The van der Waals surface area contributed by atoms with E-state index in [-0.39, 0.29) is 6.10 Å². The molecule has 0 aromatic carbocycles. The van der Waals surface area contributed by atoms with Crippen LogP contribution in [0.5, 0.6) is 0 Å². The minimum atomic E-state index is 0.200. The van der Waals surface area contributed by atoms with Gasteiger partial charge in [-0.2, -0.15) is 5.10 Å². The quantitative estimate of drug-likeness (QED) is 0.760. The fraction of sp³-hybridized carbons (Fsp3) is 0.700. The molecule has 14 heavy (non-hydrogen) atoms. The Labute approximate surface area is 83.8 Å². The van der Waals surface area contributed by atoms with Crippen molar-refractivity contribution in [1.29, 1.82) is 0 Å². The first-order chi connectivity index (χ1) is 6.90. The molecule has 1 aromatic heterocycles. The summed E-state index contributed by atoms with van der Waals surface area (Å²) in [6, 6.07) is 2.07. The van der Waals surface area contributed by atoms with Gasteiger partial charge in [-0.3, -0.25) is 5.10 Å². The molecule has 4 heteroatoms. The number of aromatic nitrogens is 2. The van der Waals surface area contributed by atoms with Crippen LogP contribution < -0.4 is 5.73 Å². The summed E-state index contributed by atoms with van der Waals surface area (Å²) in [5.41, 5.74) is 7.61. The van der Waals surface area contributed by atoms with Gasteiger partial charge in [0.2, 0.25) is 0 Å². The molecule has 2 rings (SSSR count). The van der Waals surface area contributed by atoms with E-state index in [0.717, 1.165) is 30.8 Å². The van der Waals surface area contributed by atoms with Crippen LogP contribution in [-0.4, -0.2) is 23.3 Å². The van der Waals surface area contributed by atoms with Crippen molar-refractivity contribution in [3.05, 3.63) is 17.5 Å². The van der Waals surface area contributed by atoms with Crippen molar-refractivity contribution in [2.75, 3.05) is 13.2 Å². The topological polar surface area (TPSA) is 63.9 Å². The molecule has 2 heterocycles. The second-order valence-electron chi connectivity index (χ2n) is 3.71. The highest BCUT2D eigenvalue weighted by atomic mass is 16.5. The second-order valence-corrected chi connectivity index (χ2v) is 3.71. The third-order valence-electron chi connectivity index (χ3n) is 2.57. The van der Waals surface area contributed by atoms with Crippen LogP contribution in [0.15, 0.2) is 6.07 Å². The van der Waals surface area contributed by atoms with Gasteiger partial charge in [0.05, 0.1) is 5.69 Å². The molecule has 1 aromatic rings. The Morgan fingerprint density at radius 2 is 2.50 bits per heavy atom. The van der Waals surface area contributed by atoms with Gasteiger partial charge in [0.25, 0.3) is 0 Å². The maximum absolute atomic E-state index is 5.64. The highest BCUT2D eigenvalue weighted by Gasteiger charge is 2.18. The van der Waals surface area contributed by atoms with E-state index in [1.807, 2.05) is 0 Å². The minimum absolute atomic E-state index is 0.200. The van der Waals surface area contributed by atoms with Crippen molar-refractivity contribution in [2.24, 2.45) is 5.73 Å². The zero-order valence-electron chi connectivity index (χ0n) is 8.33. The Balaban J connectivity index is 2.00. The van der Waals surface area contributed by atoms with Gasteiger partial charge in [0.15, 0.2) is 0 Å². The van der Waals surface area contributed by atoms with Crippen molar-refractivity contribution >= 4 is 0 Å². The highest BCUT2D eigenvalue weighted by Crippen LogP contribution is 2.26. The van der Waals surface area contributed by atoms with Crippen LogP contribution in [0.2, 0.25) is 0 Å². The summed E-state index contributed by atoms with van der Waals surface area (Å²) in [5.74, 6) is 0. The lowest BCUT2D eigenvalue weighted by atomic mass is 10.1. The fourth-order valence-corrected chi connectivity index (χ4v) is 1.80. The van der Waals surface area contributed by atoms with Crippen LogP contribution in [0.4, 0.5) is 0 Å². The van der Waals surface area contributed by atoms with E-state index >= 15 is 0 Å². The molecule has 1 saturated heterocycles. The average molecular weight is 195 g/mol. The van der Waals surface area contributed by atoms with Crippen LogP contribution in [0, 0.1) is 0 Å². The van der Waals surface area contributed by atoms with Crippen LogP contribution >= 0.6 is 0 Å². The van der Waals surface area contributed by atoms with Gasteiger partial charge in [-0.05, 0) is 31.9 Å². The fourth-order valence-electron chi connectivity index (χ4n) is 1.80. The summed E-state index contributed by atoms with van der Waals surface area (Å²) >= 11 is 0. The number of nitrogens with zero attached hydrogens (tertiary/aromatic N) is 1. The summed E-state index contributed by atoms with van der Waals surface area (Å²) in [5, 5.41) is 7.25. The Bertz CT molecular complexity index is 279. The van der Waals surface area contributed by atoms with Gasteiger partial charge >= 0.3 is 0 Å². The molecule has 1 fully saturated rings. The van der Waals surface area contributed by atoms with E-state index < -0.39 is 0 Å². The predicted molar refractivity (Wildman–Crippen MR) is 53.9 cm³/mol. The maximum atomic E-state index is 5.64. The zero-order valence-corrected chi connectivity index (χ0v) is 8.33. The number of nitrogens with one attached hydrogen (secondary N) is 1. The van der Waals surface area contributed by atoms with Crippen molar-refractivity contribution in [3.8, 4) is 0 Å². The highest BCUT2D eigenvalue weighted by molar-refractivity contribution is 5.12. The molecule has 0 aliphatic carbocycles. The molecule has 0 spiro atoms. The van der Waals surface area contributed by atoms with Crippen molar-refractivity contribution in [3.63, 3.8) is 0 Å². The molecule has 0 radical (unpaired) electrons. The van der Waals surface area contributed by atoms with Crippen LogP contribution in [0.25, 0.3) is 0 Å². The number of hydrogen-bond donors (Lipinski definition) is 2. The van der Waals surface area contributed by atoms with Gasteiger partial charge < -0.3 is 10.5 Å². The number of H-pyrrole nitrogens is 1. The third-order valence-corrected chi connectivity index (χ3v) is 2.57. The predicted octanol–water partition coefficient (Wildman–Crippen LogP) is 1.15. The molecule has 3 N–H and O–H groups in total. The number of hydrogen-bond acceptors (Lipinski definition) is 3. The molecule has 78 valence electrons. The number of ether oxygens (including phenoxy) is 1. The Morgan fingerprint density at radius 1 is 1.57 bits per heavy atom. The zero-order chi connectivity index (χ0) is 9.80. The summed E-state index contributed by atoms with van der Waals surface area (Å²) in [6.45, 7) is 1.52. The number of nitrogens with two attached hydrogens (primary N) is 1. The van der Waals surface area contributed by atoms with E-state index in [1.54, 1.807) is 0 Å². The molecule has 0 amide bonds. The molecule has 0 bridgehead atoms. The smallest absolute Gasteiger partial charge is 0.101 e. The van der Waals surface area contributed by atoms with Gasteiger partial charge in [0.1, 0.15) is 6.10 Å². The van der Waals surface area contributed by atoms with Crippen LogP contribution in [-0.2, 0) is 11.2 Å². The summed E-state index contributed by atoms with van der Waals surface area (Å²) in [4.78, 5) is 0. The number of rotatable bonds is 3. The SMILES string of the molecule is NCCc1cc(C2CCCCO2)n[nH]1. The Hall–Kier alpha value is -0.870. The lowest BCUT2D eigenvalue weighted by molar-refractivity contribution is 0.0123. The second kappa shape index (κ2) is 4.57. The lowest BCUT2D eigenvalue weighted by Crippen LogP contribution is -2.11. The van der Waals surface area contributed by atoms with E-state index in [1.165, 1.54) is 12.8 Å². The first-order valence-electron chi connectivity index (χ1n) is 5.26. The molecule has 1 unspecified atom stereocenters. The third kappa shape index (κ3) is 2.13. The Morgan fingerprint density at radius 3 is 3.21 bits per heavy atom. The van der Waals surface area contributed by atoms with Crippen molar-refractivity contribution in [2.45, 2.75) is 31.8 Å². The van der Waals surface area contributed by atoms with Gasteiger partial charge in [0, 0.05) is 18.7 Å². The number of aromatic amines is 1. The molecule has 4 nitrogen and oxygen atoms in total. The molecule has 1 aliphatic heterocycles. The maximum Gasteiger partial charge on any atom is 0.101 e. The van der Waals surface area contributed by atoms with E-state index in [0.29, 0.717) is 6.54 Å². The minimum Gasteiger partial charge on any atom is -0.372 e. The average Bonchev–Trinajstić information content (AvgIpc) is 2.68. The Kier molecular flexibility index (Phi) is 3.16. The van der Waals surface area contributed by atoms with Gasteiger partial charge in [-0.25, -0.2) is 0 Å².